The number of aryl methyl sites for hydroxylation is 1. The first kappa shape index (κ1) is 19.9. The number of ketones is 1. The molecule has 8 heteroatoms. The lowest BCUT2D eigenvalue weighted by molar-refractivity contribution is -0.384. The van der Waals surface area contributed by atoms with Crippen molar-refractivity contribution in [2.24, 2.45) is 5.73 Å². The van der Waals surface area contributed by atoms with Gasteiger partial charge >= 0.3 is 0 Å². The summed E-state index contributed by atoms with van der Waals surface area (Å²) in [5.74, 6) is -0.159. The molecule has 2 heterocycles. The van der Waals surface area contributed by atoms with Crippen molar-refractivity contribution >= 4 is 28.5 Å². The van der Waals surface area contributed by atoms with Gasteiger partial charge in [-0.2, -0.15) is 5.26 Å². The molecule has 1 aliphatic heterocycles. The maximum atomic E-state index is 13.0. The molecule has 1 aromatic heterocycles. The summed E-state index contributed by atoms with van der Waals surface area (Å²) in [6, 6.07) is 12.3. The Kier molecular flexibility index (Phi) is 5.14. The highest BCUT2D eigenvalue weighted by molar-refractivity contribution is 7.12. The van der Waals surface area contributed by atoms with Crippen LogP contribution < -0.4 is 10.6 Å². The molecule has 0 spiro atoms. The topological polar surface area (TPSA) is 113 Å². The van der Waals surface area contributed by atoms with Gasteiger partial charge in [0.25, 0.3) is 5.69 Å². The Hall–Kier alpha value is -3.44. The Morgan fingerprint density at radius 2 is 2.00 bits per heavy atom. The van der Waals surface area contributed by atoms with E-state index in [1.807, 2.05) is 12.1 Å². The van der Waals surface area contributed by atoms with Gasteiger partial charge in [-0.25, -0.2) is 0 Å². The van der Waals surface area contributed by atoms with Crippen molar-refractivity contribution in [3.8, 4) is 6.07 Å². The quantitative estimate of drug-likeness (QED) is 0.574. The van der Waals surface area contributed by atoms with Crippen LogP contribution in [0.2, 0.25) is 0 Å². The largest absolute Gasteiger partial charge is 0.384 e. The second-order valence-electron chi connectivity index (χ2n) is 7.25. The van der Waals surface area contributed by atoms with Crippen LogP contribution in [0.25, 0.3) is 0 Å². The van der Waals surface area contributed by atoms with Crippen LogP contribution in [-0.2, 0) is 11.2 Å². The van der Waals surface area contributed by atoms with Crippen molar-refractivity contribution in [2.75, 3.05) is 4.90 Å². The second kappa shape index (κ2) is 7.76. The Bertz CT molecular complexity index is 1140. The standard InChI is InChI=1S/C22H20N4O3S/c1-2-15-10-11-19(30-15)20-16(12-23)22(24)25(17-4-3-5-18(27)21(17)20)13-6-8-14(9-7-13)26(28)29/h6-11,20H,2-5,24H2,1H3/t20-/m1/s1. The number of Topliss-reactive ketones (excluding diaryl/α,β-unsaturated/α-hetero) is 1. The Morgan fingerprint density at radius 1 is 1.27 bits per heavy atom. The van der Waals surface area contributed by atoms with E-state index in [4.69, 9.17) is 5.73 Å². The summed E-state index contributed by atoms with van der Waals surface area (Å²) >= 11 is 1.60. The number of nitriles is 1. The number of rotatable bonds is 4. The number of nitrogens with two attached hydrogens (primary N) is 1. The van der Waals surface area contributed by atoms with Crippen molar-refractivity contribution in [3.63, 3.8) is 0 Å². The van der Waals surface area contributed by atoms with Crippen molar-refractivity contribution in [3.05, 3.63) is 78.9 Å². The van der Waals surface area contributed by atoms with Crippen molar-refractivity contribution in [1.29, 1.82) is 5.26 Å². The molecule has 0 unspecified atom stereocenters. The van der Waals surface area contributed by atoms with Gasteiger partial charge in [0.2, 0.25) is 0 Å². The number of nitrogens with zero attached hydrogens (tertiary/aromatic N) is 3. The van der Waals surface area contributed by atoms with Crippen molar-refractivity contribution < 1.29 is 9.72 Å². The summed E-state index contributed by atoms with van der Waals surface area (Å²) in [6.07, 6.45) is 2.68. The average Bonchev–Trinajstić information content (AvgIpc) is 3.22. The van der Waals surface area contributed by atoms with Gasteiger partial charge in [0.05, 0.1) is 22.5 Å². The first-order chi connectivity index (χ1) is 14.5. The lowest BCUT2D eigenvalue weighted by Crippen LogP contribution is -2.38. The van der Waals surface area contributed by atoms with E-state index in [0.717, 1.165) is 17.0 Å². The summed E-state index contributed by atoms with van der Waals surface area (Å²) in [4.78, 5) is 27.4. The minimum absolute atomic E-state index is 0.0276. The summed E-state index contributed by atoms with van der Waals surface area (Å²) in [5, 5.41) is 21.0. The van der Waals surface area contributed by atoms with E-state index in [9.17, 15) is 20.2 Å². The number of nitro groups is 1. The van der Waals surface area contributed by atoms with Crippen LogP contribution >= 0.6 is 11.3 Å². The van der Waals surface area contributed by atoms with Crippen LogP contribution in [0, 0.1) is 21.4 Å². The summed E-state index contributed by atoms with van der Waals surface area (Å²) in [6.45, 7) is 2.07. The smallest absolute Gasteiger partial charge is 0.269 e. The summed E-state index contributed by atoms with van der Waals surface area (Å²) < 4.78 is 0. The molecule has 0 bridgehead atoms. The third-order valence-corrected chi connectivity index (χ3v) is 6.84. The number of carbonyl (C=O) groups excluding carboxylic acids is 1. The fourth-order valence-electron chi connectivity index (χ4n) is 4.13. The van der Waals surface area contributed by atoms with Crippen LogP contribution in [0.5, 0.6) is 0 Å². The first-order valence-corrected chi connectivity index (χ1v) is 10.6. The normalized spacial score (nSPS) is 19.0. The second-order valence-corrected chi connectivity index (χ2v) is 8.45. The molecule has 2 aromatic rings. The number of thiophene rings is 1. The molecule has 0 radical (unpaired) electrons. The molecule has 1 aromatic carbocycles. The van der Waals surface area contributed by atoms with Gasteiger partial charge in [0.1, 0.15) is 5.82 Å². The minimum Gasteiger partial charge on any atom is -0.384 e. The van der Waals surface area contributed by atoms with Crippen LogP contribution in [0.1, 0.15) is 41.9 Å². The molecule has 152 valence electrons. The number of hydrogen-bond donors (Lipinski definition) is 1. The van der Waals surface area contributed by atoms with Gasteiger partial charge in [-0.1, -0.05) is 6.92 Å². The third-order valence-electron chi connectivity index (χ3n) is 5.55. The zero-order chi connectivity index (χ0) is 21.4. The average molecular weight is 420 g/mol. The van der Waals surface area contributed by atoms with Gasteiger partial charge in [-0.05, 0) is 43.5 Å². The van der Waals surface area contributed by atoms with E-state index >= 15 is 0 Å². The number of hydrogen-bond acceptors (Lipinski definition) is 7. The molecule has 0 saturated heterocycles. The van der Waals surface area contributed by atoms with Crippen LogP contribution in [0.3, 0.4) is 0 Å². The summed E-state index contributed by atoms with van der Waals surface area (Å²) in [5.41, 5.74) is 8.81. The minimum atomic E-state index is -0.465. The molecule has 30 heavy (non-hydrogen) atoms. The first-order valence-electron chi connectivity index (χ1n) is 9.75. The lowest BCUT2D eigenvalue weighted by Gasteiger charge is -2.39. The maximum absolute atomic E-state index is 13.0. The molecule has 2 aliphatic rings. The molecule has 1 aliphatic carbocycles. The van der Waals surface area contributed by atoms with Gasteiger partial charge in [-0.3, -0.25) is 19.8 Å². The molecule has 4 rings (SSSR count). The van der Waals surface area contributed by atoms with E-state index in [1.54, 1.807) is 28.4 Å². The van der Waals surface area contributed by atoms with Crippen LogP contribution in [0.15, 0.2) is 59.1 Å². The van der Waals surface area contributed by atoms with Crippen LogP contribution in [-0.4, -0.2) is 10.7 Å². The monoisotopic (exact) mass is 420 g/mol. The Morgan fingerprint density at radius 3 is 2.60 bits per heavy atom. The zero-order valence-electron chi connectivity index (χ0n) is 16.4. The number of allylic oxidation sites excluding steroid dienone is 3. The maximum Gasteiger partial charge on any atom is 0.269 e. The molecular weight excluding hydrogens is 400 g/mol. The zero-order valence-corrected chi connectivity index (χ0v) is 17.2. The summed E-state index contributed by atoms with van der Waals surface area (Å²) in [7, 11) is 0. The Labute approximate surface area is 177 Å². The van der Waals surface area contributed by atoms with E-state index in [-0.39, 0.29) is 17.3 Å². The number of carbonyl (C=O) groups is 1. The lowest BCUT2D eigenvalue weighted by atomic mass is 9.78. The highest BCUT2D eigenvalue weighted by atomic mass is 32.1. The van der Waals surface area contributed by atoms with Gasteiger partial charge in [-0.15, -0.1) is 11.3 Å². The van der Waals surface area contributed by atoms with Gasteiger partial charge in [0, 0.05) is 45.3 Å². The predicted molar refractivity (Wildman–Crippen MR) is 115 cm³/mol. The van der Waals surface area contributed by atoms with Crippen LogP contribution in [0.4, 0.5) is 11.4 Å². The molecule has 0 saturated carbocycles. The fourth-order valence-corrected chi connectivity index (χ4v) is 5.20. The molecule has 1 atom stereocenters. The van der Waals surface area contributed by atoms with E-state index in [2.05, 4.69) is 13.0 Å². The Balaban J connectivity index is 1.90. The third kappa shape index (κ3) is 3.17. The predicted octanol–water partition coefficient (Wildman–Crippen LogP) is 4.52. The van der Waals surface area contributed by atoms with Crippen molar-refractivity contribution in [1.82, 2.24) is 0 Å². The number of benzene rings is 1. The van der Waals surface area contributed by atoms with Gasteiger partial charge in [0.15, 0.2) is 5.78 Å². The SMILES string of the molecule is CCc1ccc([C@H]2C(C#N)=C(N)N(c3ccc([N+](=O)[O-])cc3)C3=C2C(=O)CCC3)s1. The van der Waals surface area contributed by atoms with Gasteiger partial charge < -0.3 is 5.73 Å². The van der Waals surface area contributed by atoms with E-state index < -0.39 is 10.8 Å². The highest BCUT2D eigenvalue weighted by Gasteiger charge is 2.40. The number of nitro benzene ring substituents is 1. The number of anilines is 1. The molecular formula is C22H20N4O3S. The molecule has 0 amide bonds. The number of non-ortho nitro benzene ring substituents is 1. The molecule has 0 fully saturated rings. The van der Waals surface area contributed by atoms with E-state index in [1.165, 1.54) is 17.0 Å². The van der Waals surface area contributed by atoms with E-state index in [0.29, 0.717) is 36.1 Å². The molecule has 7 nitrogen and oxygen atoms in total. The van der Waals surface area contributed by atoms with Crippen molar-refractivity contribution in [2.45, 2.75) is 38.5 Å². The fraction of sp³-hybridized carbons (Fsp3) is 0.273. The molecule has 2 N–H and O–H groups in total. The highest BCUT2D eigenvalue weighted by Crippen LogP contribution is 2.47.